The van der Waals surface area contributed by atoms with Gasteiger partial charge in [0.1, 0.15) is 0 Å². The van der Waals surface area contributed by atoms with E-state index in [-0.39, 0.29) is 5.91 Å². The van der Waals surface area contributed by atoms with Crippen LogP contribution in [0.1, 0.15) is 79.6 Å². The van der Waals surface area contributed by atoms with E-state index in [2.05, 4.69) is 34.2 Å². The van der Waals surface area contributed by atoms with Crippen LogP contribution in [-0.2, 0) is 0 Å². The molecule has 0 N–H and O–H groups in total. The van der Waals surface area contributed by atoms with Crippen molar-refractivity contribution in [3.05, 3.63) is 46.5 Å². The highest BCUT2D eigenvalue weighted by atomic mass is 16.2. The number of hydrogen-bond donors (Lipinski definition) is 0. The Bertz CT molecular complexity index is 751. The van der Waals surface area contributed by atoms with Crippen molar-refractivity contribution < 1.29 is 4.79 Å². The lowest BCUT2D eigenvalue weighted by molar-refractivity contribution is 0.0645. The highest BCUT2D eigenvalue weighted by Gasteiger charge is 2.39. The fraction of sp³-hybridized carbons (Fsp3) is 0.565. The van der Waals surface area contributed by atoms with Crippen molar-refractivity contribution in [2.24, 2.45) is 4.99 Å². The molecular weight excluding hydrogens is 320 g/mol. The molecule has 1 aromatic rings. The second kappa shape index (κ2) is 6.68. The molecule has 3 nitrogen and oxygen atoms in total. The van der Waals surface area contributed by atoms with E-state index in [9.17, 15) is 4.79 Å². The molecule has 1 amide bonds. The van der Waals surface area contributed by atoms with Crippen molar-refractivity contribution in [3.8, 4) is 0 Å². The van der Waals surface area contributed by atoms with Gasteiger partial charge in [-0.15, -0.1) is 0 Å². The van der Waals surface area contributed by atoms with Gasteiger partial charge in [-0.1, -0.05) is 25.0 Å². The van der Waals surface area contributed by atoms with Gasteiger partial charge < -0.3 is 4.90 Å². The van der Waals surface area contributed by atoms with Crippen molar-refractivity contribution in [3.63, 3.8) is 0 Å². The summed E-state index contributed by atoms with van der Waals surface area (Å²) in [4.78, 5) is 20.0. The van der Waals surface area contributed by atoms with E-state index in [0.29, 0.717) is 18.0 Å². The number of carbonyl (C=O) groups is 1. The van der Waals surface area contributed by atoms with Crippen LogP contribution >= 0.6 is 0 Å². The fourth-order valence-corrected chi connectivity index (χ4v) is 5.12. The van der Waals surface area contributed by atoms with Crippen LogP contribution in [0, 0.1) is 0 Å². The van der Waals surface area contributed by atoms with Gasteiger partial charge in [0.2, 0.25) is 0 Å². The molecular formula is C23H28N2O. The van der Waals surface area contributed by atoms with Crippen LogP contribution in [0.5, 0.6) is 0 Å². The minimum absolute atomic E-state index is 0.245. The van der Waals surface area contributed by atoms with Crippen LogP contribution in [0.4, 0.5) is 0 Å². The molecule has 1 atom stereocenters. The average Bonchev–Trinajstić information content (AvgIpc) is 3.17. The zero-order valence-electron chi connectivity index (χ0n) is 15.5. The van der Waals surface area contributed by atoms with Gasteiger partial charge in [0, 0.05) is 23.9 Å². The lowest BCUT2D eigenvalue weighted by Gasteiger charge is -2.35. The normalized spacial score (nSPS) is 25.6. The van der Waals surface area contributed by atoms with Crippen LogP contribution in [0.25, 0.3) is 0 Å². The van der Waals surface area contributed by atoms with Crippen molar-refractivity contribution in [2.75, 3.05) is 6.54 Å². The van der Waals surface area contributed by atoms with Gasteiger partial charge in [0.05, 0.1) is 6.54 Å². The molecule has 0 radical (unpaired) electrons. The molecule has 1 aromatic carbocycles. The highest BCUT2D eigenvalue weighted by molar-refractivity contribution is 5.95. The first-order valence-electron chi connectivity index (χ1n) is 10.4. The molecule has 4 aliphatic rings. The first-order chi connectivity index (χ1) is 12.8. The van der Waals surface area contributed by atoms with E-state index in [4.69, 9.17) is 0 Å². The second-order valence-corrected chi connectivity index (χ2v) is 8.54. The smallest absolute Gasteiger partial charge is 0.254 e. The Balaban J connectivity index is 1.34. The summed E-state index contributed by atoms with van der Waals surface area (Å²) in [5.41, 5.74) is 5.20. The summed E-state index contributed by atoms with van der Waals surface area (Å²) in [6.07, 6.45) is 12.9. The largest absolute Gasteiger partial charge is 0.332 e. The van der Waals surface area contributed by atoms with Crippen LogP contribution in [-0.4, -0.2) is 35.7 Å². The average molecular weight is 348 g/mol. The quantitative estimate of drug-likeness (QED) is 0.763. The second-order valence-electron chi connectivity index (χ2n) is 8.54. The summed E-state index contributed by atoms with van der Waals surface area (Å²) in [6.45, 7) is 0.891. The Morgan fingerprint density at radius 2 is 1.73 bits per heavy atom. The van der Waals surface area contributed by atoms with Crippen LogP contribution in [0.3, 0.4) is 0 Å². The van der Waals surface area contributed by atoms with Crippen LogP contribution in [0.2, 0.25) is 0 Å². The third-order valence-corrected chi connectivity index (χ3v) is 6.77. The van der Waals surface area contributed by atoms with Crippen molar-refractivity contribution in [1.82, 2.24) is 4.90 Å². The Hall–Kier alpha value is -1.90. The molecule has 1 heterocycles. The summed E-state index contributed by atoms with van der Waals surface area (Å²) in [7, 11) is 0. The minimum atomic E-state index is 0.245. The molecule has 1 aliphatic heterocycles. The SMILES string of the molecule is O=C(c1ccc(C2CCCC2)cc1)N(C1CC1)C1CCC2=C(C=NC2)C1. The molecule has 2 fully saturated rings. The zero-order chi connectivity index (χ0) is 17.5. The van der Waals surface area contributed by atoms with Crippen molar-refractivity contribution in [2.45, 2.75) is 75.8 Å². The van der Waals surface area contributed by atoms with Gasteiger partial charge >= 0.3 is 0 Å². The number of benzene rings is 1. The first kappa shape index (κ1) is 16.3. The number of aliphatic imine (C=N–C) groups is 1. The summed E-state index contributed by atoms with van der Waals surface area (Å²) in [5, 5.41) is 0. The highest BCUT2D eigenvalue weighted by Crippen LogP contribution is 2.38. The van der Waals surface area contributed by atoms with Gasteiger partial charge in [-0.25, -0.2) is 0 Å². The topological polar surface area (TPSA) is 32.7 Å². The molecule has 1 unspecified atom stereocenters. The predicted molar refractivity (Wildman–Crippen MR) is 105 cm³/mol. The summed E-state index contributed by atoms with van der Waals surface area (Å²) >= 11 is 0. The third kappa shape index (κ3) is 3.02. The molecule has 0 saturated heterocycles. The molecule has 0 aromatic heterocycles. The molecule has 0 spiro atoms. The van der Waals surface area contributed by atoms with Crippen molar-refractivity contribution >= 4 is 12.1 Å². The Kier molecular flexibility index (Phi) is 4.18. The van der Waals surface area contributed by atoms with E-state index < -0.39 is 0 Å². The molecule has 3 aliphatic carbocycles. The van der Waals surface area contributed by atoms with E-state index in [1.54, 1.807) is 0 Å². The molecule has 0 bridgehead atoms. The van der Waals surface area contributed by atoms with Gasteiger partial charge in [0.25, 0.3) is 5.91 Å². The minimum Gasteiger partial charge on any atom is -0.332 e. The maximum atomic E-state index is 13.3. The lowest BCUT2D eigenvalue weighted by atomic mass is 9.88. The van der Waals surface area contributed by atoms with Gasteiger partial charge in [-0.05, 0) is 79.7 Å². The molecule has 26 heavy (non-hydrogen) atoms. The molecule has 5 rings (SSSR count). The van der Waals surface area contributed by atoms with E-state index in [0.717, 1.165) is 31.4 Å². The summed E-state index contributed by atoms with van der Waals surface area (Å²) in [6, 6.07) is 9.39. The Morgan fingerprint density at radius 1 is 0.962 bits per heavy atom. The Morgan fingerprint density at radius 3 is 2.46 bits per heavy atom. The van der Waals surface area contributed by atoms with Crippen LogP contribution in [0.15, 0.2) is 40.4 Å². The maximum absolute atomic E-state index is 13.3. The zero-order valence-corrected chi connectivity index (χ0v) is 15.5. The number of carbonyl (C=O) groups excluding carboxylic acids is 1. The van der Waals surface area contributed by atoms with E-state index >= 15 is 0 Å². The number of rotatable bonds is 4. The number of nitrogens with zero attached hydrogens (tertiary/aromatic N) is 2. The standard InChI is InChI=1S/C23H28N2O/c26-23(18-7-5-17(6-8-18)16-3-1-2-4-16)25(21-11-12-21)22-10-9-19-14-24-15-20(19)13-22/h5-8,15-16,21-22H,1-4,9-14H2. The first-order valence-corrected chi connectivity index (χ1v) is 10.4. The molecule has 3 heteroatoms. The van der Waals surface area contributed by atoms with Crippen molar-refractivity contribution in [1.29, 1.82) is 0 Å². The predicted octanol–water partition coefficient (Wildman–Crippen LogP) is 4.88. The fourth-order valence-electron chi connectivity index (χ4n) is 5.12. The summed E-state index contributed by atoms with van der Waals surface area (Å²) < 4.78 is 0. The third-order valence-electron chi connectivity index (χ3n) is 6.77. The lowest BCUT2D eigenvalue weighted by Crippen LogP contribution is -2.43. The molecule has 2 saturated carbocycles. The monoisotopic (exact) mass is 348 g/mol. The maximum Gasteiger partial charge on any atom is 0.254 e. The van der Waals surface area contributed by atoms with E-state index in [1.165, 1.54) is 55.2 Å². The summed E-state index contributed by atoms with van der Waals surface area (Å²) in [5.74, 6) is 0.957. The van der Waals surface area contributed by atoms with Gasteiger partial charge in [-0.3, -0.25) is 9.79 Å². The Labute approximate surface area is 156 Å². The number of hydrogen-bond acceptors (Lipinski definition) is 2. The van der Waals surface area contributed by atoms with Gasteiger partial charge in [-0.2, -0.15) is 0 Å². The van der Waals surface area contributed by atoms with Crippen LogP contribution < -0.4 is 0 Å². The number of amides is 1. The van der Waals surface area contributed by atoms with E-state index in [1.807, 2.05) is 6.21 Å². The van der Waals surface area contributed by atoms with Gasteiger partial charge in [0.15, 0.2) is 0 Å². The molecule has 136 valence electrons.